The van der Waals surface area contributed by atoms with E-state index >= 15 is 0 Å². The zero-order valence-electron chi connectivity index (χ0n) is 17.3. The van der Waals surface area contributed by atoms with Gasteiger partial charge in [0, 0.05) is 48.8 Å². The molecule has 3 heterocycles. The summed E-state index contributed by atoms with van der Waals surface area (Å²) in [4.78, 5) is 12.1. The van der Waals surface area contributed by atoms with Crippen molar-refractivity contribution in [1.82, 2.24) is 19.6 Å². The van der Waals surface area contributed by atoms with E-state index < -0.39 is 0 Å². The molecule has 4 aromatic rings. The van der Waals surface area contributed by atoms with E-state index in [9.17, 15) is 4.79 Å². The lowest BCUT2D eigenvalue weighted by Gasteiger charge is -2.17. The van der Waals surface area contributed by atoms with Gasteiger partial charge in [0.25, 0.3) is 0 Å². The zero-order valence-corrected chi connectivity index (χ0v) is 17.3. The van der Waals surface area contributed by atoms with E-state index in [2.05, 4.69) is 46.9 Å². The van der Waals surface area contributed by atoms with Crippen molar-refractivity contribution in [3.63, 3.8) is 0 Å². The maximum absolute atomic E-state index is 12.1. The van der Waals surface area contributed by atoms with E-state index in [1.54, 1.807) is 4.68 Å². The molecule has 1 unspecified atom stereocenters. The molecule has 30 heavy (non-hydrogen) atoms. The highest BCUT2D eigenvalue weighted by atomic mass is 16.1. The van der Waals surface area contributed by atoms with Gasteiger partial charge in [-0.25, -0.2) is 0 Å². The molecule has 7 nitrogen and oxygen atoms in total. The number of carbonyl (C=O) groups is 1. The number of amides is 1. The molecule has 5 rings (SSSR count). The summed E-state index contributed by atoms with van der Waals surface area (Å²) in [5.74, 6) is 0.0319. The Morgan fingerprint density at radius 3 is 2.83 bits per heavy atom. The van der Waals surface area contributed by atoms with E-state index in [1.165, 1.54) is 0 Å². The van der Waals surface area contributed by atoms with Gasteiger partial charge in [-0.3, -0.25) is 14.2 Å². The fourth-order valence-electron chi connectivity index (χ4n) is 4.17. The fraction of sp³-hybridized carbons (Fsp3) is 0.261. The lowest BCUT2D eigenvalue weighted by molar-refractivity contribution is -0.116. The molecule has 0 spiro atoms. The Morgan fingerprint density at radius 2 is 2.07 bits per heavy atom. The molecule has 2 aromatic carbocycles. The first kappa shape index (κ1) is 18.4. The molecule has 0 saturated heterocycles. The van der Waals surface area contributed by atoms with Gasteiger partial charge in [-0.15, -0.1) is 0 Å². The summed E-state index contributed by atoms with van der Waals surface area (Å²) >= 11 is 0. The van der Waals surface area contributed by atoms with Crippen LogP contribution in [0.3, 0.4) is 0 Å². The topological polar surface area (TPSA) is 76.8 Å². The number of para-hydroxylation sites is 1. The van der Waals surface area contributed by atoms with Crippen molar-refractivity contribution in [2.45, 2.75) is 32.9 Å². The molecule has 0 aliphatic carbocycles. The third-order valence-corrected chi connectivity index (χ3v) is 5.56. The van der Waals surface area contributed by atoms with Crippen LogP contribution in [-0.2, 0) is 18.4 Å². The highest BCUT2D eigenvalue weighted by Crippen LogP contribution is 2.39. The molecule has 152 valence electrons. The van der Waals surface area contributed by atoms with Crippen molar-refractivity contribution in [3.05, 3.63) is 48.8 Å². The van der Waals surface area contributed by atoms with Crippen LogP contribution in [0.1, 0.15) is 20.3 Å². The minimum absolute atomic E-state index is 0.0319. The van der Waals surface area contributed by atoms with Gasteiger partial charge in [-0.1, -0.05) is 18.2 Å². The largest absolute Gasteiger partial charge is 0.380 e. The summed E-state index contributed by atoms with van der Waals surface area (Å²) in [6.07, 6.45) is 4.28. The molecular weight excluding hydrogens is 376 g/mol. The highest BCUT2D eigenvalue weighted by molar-refractivity contribution is 6.02. The minimum atomic E-state index is 0.0319. The summed E-state index contributed by atoms with van der Waals surface area (Å²) in [5.41, 5.74) is 6.94. The number of hydrogen-bond acceptors (Lipinski definition) is 4. The maximum atomic E-state index is 12.1. The van der Waals surface area contributed by atoms with Crippen LogP contribution in [0, 0.1) is 0 Å². The first-order chi connectivity index (χ1) is 14.5. The molecule has 2 aromatic heterocycles. The highest BCUT2D eigenvalue weighted by Gasteiger charge is 2.21. The van der Waals surface area contributed by atoms with Gasteiger partial charge in [0.15, 0.2) is 0 Å². The first-order valence-electron chi connectivity index (χ1n) is 10.2. The van der Waals surface area contributed by atoms with E-state index in [4.69, 9.17) is 5.10 Å². The standard InChI is InChI=1S/C23H24N6O/c1-4-29-20-9-8-15(11-18(20)22(27-29)16-12-24-28(3)13-16)17-6-5-7-19-23(17)25-14(2)10-21(30)26-19/h5-9,11-14,25H,4,10H2,1-3H3,(H,26,30). The third-order valence-electron chi connectivity index (χ3n) is 5.56. The summed E-state index contributed by atoms with van der Waals surface area (Å²) in [6, 6.07) is 12.5. The van der Waals surface area contributed by atoms with Gasteiger partial charge in [-0.2, -0.15) is 10.2 Å². The van der Waals surface area contributed by atoms with Gasteiger partial charge in [0.05, 0.1) is 23.1 Å². The van der Waals surface area contributed by atoms with Gasteiger partial charge in [-0.05, 0) is 37.6 Å². The van der Waals surface area contributed by atoms with Crippen molar-refractivity contribution < 1.29 is 4.79 Å². The predicted molar refractivity (Wildman–Crippen MR) is 119 cm³/mol. The second kappa shape index (κ2) is 7.02. The Bertz CT molecular complexity index is 1270. The van der Waals surface area contributed by atoms with Crippen LogP contribution in [-0.4, -0.2) is 31.5 Å². The number of nitrogens with one attached hydrogen (secondary N) is 2. The number of benzene rings is 2. The van der Waals surface area contributed by atoms with Crippen molar-refractivity contribution >= 4 is 28.2 Å². The van der Waals surface area contributed by atoms with Gasteiger partial charge >= 0.3 is 0 Å². The van der Waals surface area contributed by atoms with Crippen LogP contribution in [0.2, 0.25) is 0 Å². The minimum Gasteiger partial charge on any atom is -0.380 e. The monoisotopic (exact) mass is 400 g/mol. The Balaban J connectivity index is 1.70. The van der Waals surface area contributed by atoms with Crippen LogP contribution < -0.4 is 10.6 Å². The average Bonchev–Trinajstić information content (AvgIpc) is 3.27. The number of hydrogen-bond donors (Lipinski definition) is 2. The molecular formula is C23H24N6O. The summed E-state index contributed by atoms with van der Waals surface area (Å²) in [6.45, 7) is 4.92. The van der Waals surface area contributed by atoms with Crippen LogP contribution >= 0.6 is 0 Å². The van der Waals surface area contributed by atoms with Crippen LogP contribution in [0.15, 0.2) is 48.8 Å². The van der Waals surface area contributed by atoms with Crippen LogP contribution in [0.5, 0.6) is 0 Å². The molecule has 2 N–H and O–H groups in total. The Kier molecular flexibility index (Phi) is 4.31. The second-order valence-corrected chi connectivity index (χ2v) is 7.82. The SMILES string of the molecule is CCn1nc(-c2cnn(C)c2)c2cc(-c3cccc4c3NC(C)CC(=O)N4)ccc21. The number of aryl methyl sites for hydroxylation is 2. The van der Waals surface area contributed by atoms with Gasteiger partial charge < -0.3 is 10.6 Å². The quantitative estimate of drug-likeness (QED) is 0.539. The number of anilines is 2. The zero-order chi connectivity index (χ0) is 20.8. The lowest BCUT2D eigenvalue weighted by Crippen LogP contribution is -2.19. The number of carbonyl (C=O) groups excluding carboxylic acids is 1. The Morgan fingerprint density at radius 1 is 1.20 bits per heavy atom. The summed E-state index contributed by atoms with van der Waals surface area (Å²) < 4.78 is 3.81. The van der Waals surface area contributed by atoms with E-state index in [0.717, 1.165) is 51.2 Å². The van der Waals surface area contributed by atoms with Crippen molar-refractivity contribution in [2.75, 3.05) is 10.6 Å². The number of fused-ring (bicyclic) bond motifs is 2. The van der Waals surface area contributed by atoms with Crippen LogP contribution in [0.25, 0.3) is 33.3 Å². The normalized spacial score (nSPS) is 16.1. The molecule has 1 aliphatic rings. The van der Waals surface area contributed by atoms with Crippen molar-refractivity contribution in [1.29, 1.82) is 0 Å². The van der Waals surface area contributed by atoms with Crippen molar-refractivity contribution in [2.24, 2.45) is 7.05 Å². The number of nitrogens with zero attached hydrogens (tertiary/aromatic N) is 4. The molecule has 0 fully saturated rings. The van der Waals surface area contributed by atoms with E-state index in [-0.39, 0.29) is 11.9 Å². The number of rotatable bonds is 3. The number of aromatic nitrogens is 4. The van der Waals surface area contributed by atoms with E-state index in [1.807, 2.05) is 43.2 Å². The maximum Gasteiger partial charge on any atom is 0.226 e. The predicted octanol–water partition coefficient (Wildman–Crippen LogP) is 4.27. The van der Waals surface area contributed by atoms with E-state index in [0.29, 0.717) is 6.42 Å². The molecule has 1 atom stereocenters. The molecule has 0 bridgehead atoms. The Hall–Kier alpha value is -3.61. The second-order valence-electron chi connectivity index (χ2n) is 7.82. The summed E-state index contributed by atoms with van der Waals surface area (Å²) in [7, 11) is 1.91. The molecule has 7 heteroatoms. The first-order valence-corrected chi connectivity index (χ1v) is 10.2. The Labute approximate surface area is 174 Å². The lowest BCUT2D eigenvalue weighted by atomic mass is 9.99. The molecule has 0 saturated carbocycles. The smallest absolute Gasteiger partial charge is 0.226 e. The average molecular weight is 400 g/mol. The van der Waals surface area contributed by atoms with Crippen LogP contribution in [0.4, 0.5) is 11.4 Å². The van der Waals surface area contributed by atoms with Crippen molar-refractivity contribution in [3.8, 4) is 22.4 Å². The third kappa shape index (κ3) is 3.03. The van der Waals surface area contributed by atoms with Gasteiger partial charge in [0.1, 0.15) is 5.69 Å². The summed E-state index contributed by atoms with van der Waals surface area (Å²) in [5, 5.41) is 16.8. The van der Waals surface area contributed by atoms with Gasteiger partial charge in [0.2, 0.25) is 5.91 Å². The molecule has 0 radical (unpaired) electrons. The fourth-order valence-corrected chi connectivity index (χ4v) is 4.17. The molecule has 1 aliphatic heterocycles. The molecule has 1 amide bonds.